The average molecular weight is 374 g/mol. The molecular formula is C18H13Cl2N3O2. The molecule has 0 radical (unpaired) electrons. The Balaban J connectivity index is 1.68. The van der Waals surface area contributed by atoms with E-state index in [1.807, 2.05) is 24.3 Å². The Morgan fingerprint density at radius 3 is 2.32 bits per heavy atom. The lowest BCUT2D eigenvalue weighted by Crippen LogP contribution is -2.21. The van der Waals surface area contributed by atoms with E-state index in [2.05, 4.69) is 15.6 Å². The largest absolute Gasteiger partial charge is 0.324 e. The number of nitrogens with one attached hydrogen (secondary N) is 2. The van der Waals surface area contributed by atoms with Crippen LogP contribution in [0.3, 0.4) is 0 Å². The van der Waals surface area contributed by atoms with Crippen molar-refractivity contribution in [1.82, 2.24) is 4.98 Å². The first kappa shape index (κ1) is 17.2. The summed E-state index contributed by atoms with van der Waals surface area (Å²) >= 11 is 11.9. The number of amides is 2. The smallest absolute Gasteiger partial charge is 0.233 e. The van der Waals surface area contributed by atoms with Gasteiger partial charge >= 0.3 is 0 Å². The maximum Gasteiger partial charge on any atom is 0.233 e. The number of aromatic nitrogens is 1. The topological polar surface area (TPSA) is 71.1 Å². The molecule has 2 aromatic carbocycles. The number of halogens is 2. The van der Waals surface area contributed by atoms with Gasteiger partial charge < -0.3 is 10.6 Å². The first-order chi connectivity index (χ1) is 12.0. The summed E-state index contributed by atoms with van der Waals surface area (Å²) in [7, 11) is 0. The third-order valence-electron chi connectivity index (χ3n) is 3.45. The number of nitrogens with zero attached hydrogens (tertiary/aromatic N) is 1. The number of carbonyl (C=O) groups is 2. The molecule has 0 spiro atoms. The minimum atomic E-state index is -0.491. The summed E-state index contributed by atoms with van der Waals surface area (Å²) in [4.78, 5) is 28.5. The highest BCUT2D eigenvalue weighted by molar-refractivity contribution is 6.44. The van der Waals surface area contributed by atoms with Gasteiger partial charge in [-0.1, -0.05) is 47.5 Å². The standard InChI is InChI=1S/C18H13Cl2N3O2/c19-12-6-2-7-13(17(12)20)22-15(24)10-16(25)23-14-8-1-4-11-5-3-9-21-18(11)14/h1-9H,10H2,(H,22,24)(H,23,25). The van der Waals surface area contributed by atoms with Crippen LogP contribution in [0, 0.1) is 0 Å². The highest BCUT2D eigenvalue weighted by atomic mass is 35.5. The fourth-order valence-corrected chi connectivity index (χ4v) is 2.69. The molecule has 0 aliphatic rings. The van der Waals surface area contributed by atoms with E-state index in [0.29, 0.717) is 21.9 Å². The Hall–Kier alpha value is -2.63. The van der Waals surface area contributed by atoms with Gasteiger partial charge in [0.05, 0.1) is 26.9 Å². The molecule has 0 aliphatic heterocycles. The van der Waals surface area contributed by atoms with E-state index < -0.39 is 11.8 Å². The molecule has 25 heavy (non-hydrogen) atoms. The lowest BCUT2D eigenvalue weighted by Gasteiger charge is -2.10. The molecule has 2 N–H and O–H groups in total. The quantitative estimate of drug-likeness (QED) is 0.660. The number of fused-ring (bicyclic) bond motifs is 1. The number of rotatable bonds is 4. The first-order valence-electron chi connectivity index (χ1n) is 7.42. The third-order valence-corrected chi connectivity index (χ3v) is 4.27. The maximum atomic E-state index is 12.1. The molecule has 0 aliphatic carbocycles. The van der Waals surface area contributed by atoms with Crippen molar-refractivity contribution in [2.24, 2.45) is 0 Å². The second-order valence-electron chi connectivity index (χ2n) is 5.26. The van der Waals surface area contributed by atoms with Gasteiger partial charge in [0.2, 0.25) is 11.8 Å². The van der Waals surface area contributed by atoms with Gasteiger partial charge in [-0.05, 0) is 24.3 Å². The number of pyridine rings is 1. The van der Waals surface area contributed by atoms with E-state index >= 15 is 0 Å². The van der Waals surface area contributed by atoms with E-state index in [1.54, 1.807) is 30.5 Å². The van der Waals surface area contributed by atoms with E-state index in [4.69, 9.17) is 23.2 Å². The molecule has 7 heteroatoms. The average Bonchev–Trinajstić information content (AvgIpc) is 2.59. The fourth-order valence-electron chi connectivity index (χ4n) is 2.34. The third kappa shape index (κ3) is 4.07. The molecule has 0 atom stereocenters. The molecule has 5 nitrogen and oxygen atoms in total. The molecule has 0 unspecified atom stereocenters. The lowest BCUT2D eigenvalue weighted by atomic mass is 10.2. The van der Waals surface area contributed by atoms with Crippen LogP contribution in [-0.4, -0.2) is 16.8 Å². The van der Waals surface area contributed by atoms with Crippen LogP contribution in [0.25, 0.3) is 10.9 Å². The Morgan fingerprint density at radius 2 is 1.52 bits per heavy atom. The van der Waals surface area contributed by atoms with Crippen LogP contribution >= 0.6 is 23.2 Å². The monoisotopic (exact) mass is 373 g/mol. The predicted molar refractivity (Wildman–Crippen MR) is 100 cm³/mol. The zero-order valence-electron chi connectivity index (χ0n) is 12.9. The van der Waals surface area contributed by atoms with Crippen molar-refractivity contribution in [3.63, 3.8) is 0 Å². The minimum Gasteiger partial charge on any atom is -0.324 e. The molecule has 3 rings (SSSR count). The summed E-state index contributed by atoms with van der Waals surface area (Å²) in [6, 6.07) is 14.0. The van der Waals surface area contributed by atoms with E-state index in [9.17, 15) is 9.59 Å². The SMILES string of the molecule is O=C(CC(=O)Nc1cccc2cccnc12)Nc1cccc(Cl)c1Cl. The summed E-state index contributed by atoms with van der Waals surface area (Å²) < 4.78 is 0. The maximum absolute atomic E-state index is 12.1. The number of hydrogen-bond donors (Lipinski definition) is 2. The van der Waals surface area contributed by atoms with E-state index in [-0.39, 0.29) is 11.4 Å². The van der Waals surface area contributed by atoms with Crippen LogP contribution < -0.4 is 10.6 Å². The Labute approximate surface area is 154 Å². The second kappa shape index (κ2) is 7.51. The number of para-hydroxylation sites is 1. The number of benzene rings is 2. The highest BCUT2D eigenvalue weighted by Crippen LogP contribution is 2.29. The van der Waals surface area contributed by atoms with Gasteiger partial charge in [-0.3, -0.25) is 14.6 Å². The van der Waals surface area contributed by atoms with Gasteiger partial charge in [-0.25, -0.2) is 0 Å². The molecule has 3 aromatic rings. The summed E-state index contributed by atoms with van der Waals surface area (Å²) in [6.07, 6.45) is 1.29. The highest BCUT2D eigenvalue weighted by Gasteiger charge is 2.13. The van der Waals surface area contributed by atoms with Gasteiger partial charge in [0, 0.05) is 11.6 Å². The van der Waals surface area contributed by atoms with Crippen molar-refractivity contribution < 1.29 is 9.59 Å². The van der Waals surface area contributed by atoms with E-state index in [0.717, 1.165) is 5.39 Å². The van der Waals surface area contributed by atoms with Gasteiger partial charge in [-0.2, -0.15) is 0 Å². The summed E-state index contributed by atoms with van der Waals surface area (Å²) in [5.74, 6) is -0.941. The van der Waals surface area contributed by atoms with Gasteiger partial charge in [0.1, 0.15) is 6.42 Å². The van der Waals surface area contributed by atoms with Crippen LogP contribution in [0.4, 0.5) is 11.4 Å². The predicted octanol–water partition coefficient (Wildman–Crippen LogP) is 4.51. The molecule has 0 saturated carbocycles. The molecular weight excluding hydrogens is 361 g/mol. The van der Waals surface area contributed by atoms with Crippen LogP contribution in [-0.2, 0) is 9.59 Å². The zero-order valence-corrected chi connectivity index (χ0v) is 14.4. The summed E-state index contributed by atoms with van der Waals surface area (Å²) in [6.45, 7) is 0. The molecule has 126 valence electrons. The van der Waals surface area contributed by atoms with Gasteiger partial charge in [-0.15, -0.1) is 0 Å². The Bertz CT molecular complexity index is 955. The normalized spacial score (nSPS) is 10.5. The van der Waals surface area contributed by atoms with Crippen LogP contribution in [0.1, 0.15) is 6.42 Å². The minimum absolute atomic E-state index is 0.233. The zero-order chi connectivity index (χ0) is 17.8. The number of anilines is 2. The summed E-state index contributed by atoms with van der Waals surface area (Å²) in [5, 5.41) is 6.74. The van der Waals surface area contributed by atoms with Crippen molar-refractivity contribution in [3.8, 4) is 0 Å². The van der Waals surface area contributed by atoms with E-state index in [1.165, 1.54) is 0 Å². The van der Waals surface area contributed by atoms with Crippen LogP contribution in [0.15, 0.2) is 54.7 Å². The lowest BCUT2D eigenvalue weighted by molar-refractivity contribution is -0.123. The molecule has 1 heterocycles. The molecule has 0 saturated heterocycles. The van der Waals surface area contributed by atoms with Crippen molar-refractivity contribution in [2.75, 3.05) is 10.6 Å². The summed E-state index contributed by atoms with van der Waals surface area (Å²) in [5.41, 5.74) is 1.58. The molecule has 2 amide bonds. The van der Waals surface area contributed by atoms with Crippen molar-refractivity contribution in [2.45, 2.75) is 6.42 Å². The Morgan fingerprint density at radius 1 is 0.880 bits per heavy atom. The van der Waals surface area contributed by atoms with Crippen LogP contribution in [0.2, 0.25) is 10.0 Å². The van der Waals surface area contributed by atoms with Crippen molar-refractivity contribution >= 4 is 57.3 Å². The Kier molecular flexibility index (Phi) is 5.16. The number of hydrogen-bond acceptors (Lipinski definition) is 3. The van der Waals surface area contributed by atoms with Crippen molar-refractivity contribution in [1.29, 1.82) is 0 Å². The number of carbonyl (C=O) groups excluding carboxylic acids is 2. The van der Waals surface area contributed by atoms with Gasteiger partial charge in [0.15, 0.2) is 0 Å². The molecule has 0 bridgehead atoms. The first-order valence-corrected chi connectivity index (χ1v) is 8.17. The second-order valence-corrected chi connectivity index (χ2v) is 6.04. The van der Waals surface area contributed by atoms with Gasteiger partial charge in [0.25, 0.3) is 0 Å². The van der Waals surface area contributed by atoms with Crippen LogP contribution in [0.5, 0.6) is 0 Å². The van der Waals surface area contributed by atoms with Crippen molar-refractivity contribution in [3.05, 3.63) is 64.8 Å². The molecule has 0 fully saturated rings. The fraction of sp³-hybridized carbons (Fsp3) is 0.0556. The molecule has 1 aromatic heterocycles.